The molecule has 0 aliphatic carbocycles. The Labute approximate surface area is 103 Å². The van der Waals surface area contributed by atoms with Crippen molar-refractivity contribution in [2.75, 3.05) is 31.2 Å². The summed E-state index contributed by atoms with van der Waals surface area (Å²) in [5, 5.41) is 0. The highest BCUT2D eigenvalue weighted by Gasteiger charge is 2.13. The van der Waals surface area contributed by atoms with Gasteiger partial charge in [-0.05, 0) is 45.0 Å². The molecule has 0 radical (unpaired) electrons. The van der Waals surface area contributed by atoms with Crippen LogP contribution in [0, 0.1) is 0 Å². The van der Waals surface area contributed by atoms with Crippen LogP contribution in [0.25, 0.3) is 0 Å². The smallest absolute Gasteiger partial charge is 0.120 e. The Bertz CT molecular complexity index is 347. The van der Waals surface area contributed by atoms with Gasteiger partial charge in [-0.15, -0.1) is 0 Å². The lowest BCUT2D eigenvalue weighted by Gasteiger charge is -2.29. The lowest BCUT2D eigenvalue weighted by molar-refractivity contribution is 0.122. The average molecular weight is 235 g/mol. The largest absolute Gasteiger partial charge is 0.488 e. The normalized spacial score (nSPS) is 17.0. The maximum Gasteiger partial charge on any atom is 0.120 e. The summed E-state index contributed by atoms with van der Waals surface area (Å²) in [6, 6.07) is 8.31. The topological polar surface area (TPSA) is 21.7 Å². The third kappa shape index (κ3) is 3.63. The molecule has 1 aliphatic heterocycles. The van der Waals surface area contributed by atoms with Crippen LogP contribution in [0.3, 0.4) is 0 Å². The first-order valence-electron chi connectivity index (χ1n) is 6.16. The Kier molecular flexibility index (Phi) is 3.57. The Balaban J connectivity index is 2.02. The van der Waals surface area contributed by atoms with Crippen LogP contribution in [0.4, 0.5) is 5.69 Å². The number of benzene rings is 1. The van der Waals surface area contributed by atoms with Gasteiger partial charge in [-0.1, -0.05) is 0 Å². The number of hydrogen-bond acceptors (Lipinski definition) is 3. The van der Waals surface area contributed by atoms with E-state index >= 15 is 0 Å². The van der Waals surface area contributed by atoms with Crippen LogP contribution >= 0.6 is 0 Å². The predicted octanol–water partition coefficient (Wildman–Crippen LogP) is 2.70. The van der Waals surface area contributed by atoms with Gasteiger partial charge in [0.25, 0.3) is 0 Å². The molecule has 3 nitrogen and oxygen atoms in total. The van der Waals surface area contributed by atoms with E-state index in [0.717, 1.165) is 32.1 Å². The van der Waals surface area contributed by atoms with E-state index < -0.39 is 0 Å². The fraction of sp³-hybridized carbons (Fsp3) is 0.571. The summed E-state index contributed by atoms with van der Waals surface area (Å²) in [6.45, 7) is 9.76. The van der Waals surface area contributed by atoms with Crippen molar-refractivity contribution in [2.24, 2.45) is 0 Å². The van der Waals surface area contributed by atoms with Crippen LogP contribution < -0.4 is 9.64 Å². The van der Waals surface area contributed by atoms with Gasteiger partial charge in [-0.3, -0.25) is 0 Å². The minimum absolute atomic E-state index is 0.138. The molecule has 0 saturated carbocycles. The number of nitrogens with zero attached hydrogens (tertiary/aromatic N) is 1. The molecular weight excluding hydrogens is 214 g/mol. The van der Waals surface area contributed by atoms with Crippen molar-refractivity contribution in [3.05, 3.63) is 24.3 Å². The second kappa shape index (κ2) is 4.96. The van der Waals surface area contributed by atoms with Gasteiger partial charge in [0.15, 0.2) is 0 Å². The van der Waals surface area contributed by atoms with Crippen molar-refractivity contribution in [3.8, 4) is 5.75 Å². The Morgan fingerprint density at radius 3 is 2.18 bits per heavy atom. The third-order valence-electron chi connectivity index (χ3n) is 2.64. The standard InChI is InChI=1S/C14H21NO2/c1-14(2,3)17-13-6-4-12(5-7-13)15-8-10-16-11-9-15/h4-7H,8-11H2,1-3H3. The maximum absolute atomic E-state index is 5.80. The molecule has 1 aliphatic rings. The lowest BCUT2D eigenvalue weighted by atomic mass is 10.2. The van der Waals surface area contributed by atoms with E-state index in [0.29, 0.717) is 0 Å². The first-order chi connectivity index (χ1) is 8.04. The molecule has 94 valence electrons. The monoisotopic (exact) mass is 235 g/mol. The quantitative estimate of drug-likeness (QED) is 0.786. The van der Waals surface area contributed by atoms with Crippen molar-refractivity contribution in [1.82, 2.24) is 0 Å². The van der Waals surface area contributed by atoms with Gasteiger partial charge in [0.05, 0.1) is 13.2 Å². The average Bonchev–Trinajstić information content (AvgIpc) is 2.29. The Hall–Kier alpha value is -1.22. The molecule has 1 heterocycles. The van der Waals surface area contributed by atoms with Gasteiger partial charge >= 0.3 is 0 Å². The minimum atomic E-state index is -0.138. The van der Waals surface area contributed by atoms with Gasteiger partial charge in [-0.2, -0.15) is 0 Å². The molecule has 0 aromatic heterocycles. The summed E-state index contributed by atoms with van der Waals surface area (Å²) in [5.41, 5.74) is 1.11. The second-order valence-electron chi connectivity index (χ2n) is 5.31. The first kappa shape index (κ1) is 12.2. The zero-order chi connectivity index (χ0) is 12.3. The number of hydrogen-bond donors (Lipinski definition) is 0. The molecule has 17 heavy (non-hydrogen) atoms. The highest BCUT2D eigenvalue weighted by Crippen LogP contribution is 2.23. The molecule has 1 aromatic carbocycles. The van der Waals surface area contributed by atoms with Gasteiger partial charge in [0.2, 0.25) is 0 Å². The summed E-state index contributed by atoms with van der Waals surface area (Å²) in [4.78, 5) is 2.34. The minimum Gasteiger partial charge on any atom is -0.488 e. The van der Waals surface area contributed by atoms with Crippen molar-refractivity contribution in [3.63, 3.8) is 0 Å². The molecule has 0 spiro atoms. The van der Waals surface area contributed by atoms with E-state index in [-0.39, 0.29) is 5.60 Å². The van der Waals surface area contributed by atoms with Crippen LogP contribution in [0.2, 0.25) is 0 Å². The molecule has 0 amide bonds. The molecule has 0 unspecified atom stereocenters. The van der Waals surface area contributed by atoms with Gasteiger partial charge < -0.3 is 14.4 Å². The van der Waals surface area contributed by atoms with E-state index in [1.807, 2.05) is 12.1 Å². The van der Waals surface area contributed by atoms with Gasteiger partial charge in [-0.25, -0.2) is 0 Å². The summed E-state index contributed by atoms with van der Waals surface area (Å²) >= 11 is 0. The highest BCUT2D eigenvalue weighted by atomic mass is 16.5. The molecule has 1 aromatic rings. The van der Waals surface area contributed by atoms with E-state index in [1.54, 1.807) is 0 Å². The second-order valence-corrected chi connectivity index (χ2v) is 5.31. The van der Waals surface area contributed by atoms with Crippen LogP contribution in [0.1, 0.15) is 20.8 Å². The van der Waals surface area contributed by atoms with Crippen LogP contribution in [-0.2, 0) is 4.74 Å². The fourth-order valence-electron chi connectivity index (χ4n) is 1.90. The predicted molar refractivity (Wildman–Crippen MR) is 69.9 cm³/mol. The van der Waals surface area contributed by atoms with Crippen LogP contribution in [0.15, 0.2) is 24.3 Å². The molecule has 0 N–H and O–H groups in total. The molecule has 1 saturated heterocycles. The number of ether oxygens (including phenoxy) is 2. The molecule has 0 bridgehead atoms. The Morgan fingerprint density at radius 1 is 1.06 bits per heavy atom. The maximum atomic E-state index is 5.80. The zero-order valence-corrected chi connectivity index (χ0v) is 10.9. The van der Waals surface area contributed by atoms with Gasteiger partial charge in [0.1, 0.15) is 11.4 Å². The van der Waals surface area contributed by atoms with Gasteiger partial charge in [0, 0.05) is 18.8 Å². The molecule has 3 heteroatoms. The summed E-state index contributed by atoms with van der Waals surface area (Å²) < 4.78 is 11.1. The van der Waals surface area contributed by atoms with E-state index in [1.165, 1.54) is 5.69 Å². The van der Waals surface area contributed by atoms with E-state index in [9.17, 15) is 0 Å². The van der Waals surface area contributed by atoms with Crippen molar-refractivity contribution >= 4 is 5.69 Å². The molecule has 0 atom stereocenters. The highest BCUT2D eigenvalue weighted by molar-refractivity contribution is 5.49. The first-order valence-corrected chi connectivity index (χ1v) is 6.16. The summed E-state index contributed by atoms with van der Waals surface area (Å²) in [5.74, 6) is 0.925. The number of rotatable bonds is 2. The van der Waals surface area contributed by atoms with E-state index in [2.05, 4.69) is 37.8 Å². The van der Waals surface area contributed by atoms with Crippen LogP contribution in [0.5, 0.6) is 5.75 Å². The third-order valence-corrected chi connectivity index (χ3v) is 2.64. The number of anilines is 1. The fourth-order valence-corrected chi connectivity index (χ4v) is 1.90. The summed E-state index contributed by atoms with van der Waals surface area (Å²) in [6.07, 6.45) is 0. The number of morpholine rings is 1. The zero-order valence-electron chi connectivity index (χ0n) is 10.9. The molecular formula is C14H21NO2. The van der Waals surface area contributed by atoms with Crippen molar-refractivity contribution in [2.45, 2.75) is 26.4 Å². The van der Waals surface area contributed by atoms with Crippen molar-refractivity contribution in [1.29, 1.82) is 0 Å². The molecule has 2 rings (SSSR count). The summed E-state index contributed by atoms with van der Waals surface area (Å²) in [7, 11) is 0. The SMILES string of the molecule is CC(C)(C)Oc1ccc(N2CCOCC2)cc1. The molecule has 1 fully saturated rings. The van der Waals surface area contributed by atoms with E-state index in [4.69, 9.17) is 9.47 Å². The Morgan fingerprint density at radius 2 is 1.65 bits per heavy atom. The van der Waals surface area contributed by atoms with Crippen LogP contribution in [-0.4, -0.2) is 31.9 Å². The van der Waals surface area contributed by atoms with Crippen molar-refractivity contribution < 1.29 is 9.47 Å². The lowest BCUT2D eigenvalue weighted by Crippen LogP contribution is -2.36.